The maximum Gasteiger partial charge on any atom is 0.0406 e. The van der Waals surface area contributed by atoms with Crippen LogP contribution in [-0.2, 0) is 0 Å². The van der Waals surface area contributed by atoms with Gasteiger partial charge in [-0.1, -0.05) is 49.7 Å². The van der Waals surface area contributed by atoms with Crippen LogP contribution in [0.15, 0.2) is 30.3 Å². The average Bonchev–Trinajstić information content (AvgIpc) is 2.42. The van der Waals surface area contributed by atoms with Gasteiger partial charge in [-0.3, -0.25) is 0 Å². The molecule has 2 nitrogen and oxygen atoms in total. The van der Waals surface area contributed by atoms with Crippen LogP contribution in [0.3, 0.4) is 0 Å². The van der Waals surface area contributed by atoms with Gasteiger partial charge in [0.25, 0.3) is 0 Å². The molecule has 0 amide bonds. The molecular formula is C16H24ClNOS. The SMILES string of the molecule is CC(C)CC(/C=C/c1ccc(Cl)cc1)NCCCSO. The van der Waals surface area contributed by atoms with E-state index in [9.17, 15) is 0 Å². The van der Waals surface area contributed by atoms with E-state index in [0.29, 0.717) is 12.0 Å². The van der Waals surface area contributed by atoms with Crippen LogP contribution >= 0.6 is 23.6 Å². The Morgan fingerprint density at radius 1 is 1.30 bits per heavy atom. The van der Waals surface area contributed by atoms with Crippen molar-refractivity contribution >= 4 is 29.7 Å². The highest BCUT2D eigenvalue weighted by atomic mass is 35.5. The van der Waals surface area contributed by atoms with Crippen molar-refractivity contribution in [2.45, 2.75) is 32.7 Å². The number of nitrogens with one attached hydrogen (secondary N) is 1. The molecule has 0 saturated carbocycles. The van der Waals surface area contributed by atoms with Crippen molar-refractivity contribution in [1.82, 2.24) is 5.32 Å². The molecule has 0 spiro atoms. The molecule has 0 bridgehead atoms. The molecule has 0 aliphatic carbocycles. The first-order valence-electron chi connectivity index (χ1n) is 7.05. The van der Waals surface area contributed by atoms with E-state index >= 15 is 0 Å². The third-order valence-corrected chi connectivity index (χ3v) is 3.66. The van der Waals surface area contributed by atoms with E-state index in [1.54, 1.807) is 0 Å². The summed E-state index contributed by atoms with van der Waals surface area (Å²) in [6, 6.07) is 8.23. The van der Waals surface area contributed by atoms with Gasteiger partial charge >= 0.3 is 0 Å². The van der Waals surface area contributed by atoms with Crippen LogP contribution in [0.25, 0.3) is 6.08 Å². The fraction of sp³-hybridized carbons (Fsp3) is 0.500. The molecule has 112 valence electrons. The monoisotopic (exact) mass is 313 g/mol. The molecule has 1 aromatic carbocycles. The second-order valence-corrected chi connectivity index (χ2v) is 6.39. The first kappa shape index (κ1) is 17.6. The lowest BCUT2D eigenvalue weighted by atomic mass is 10.0. The molecule has 0 fully saturated rings. The zero-order valence-electron chi connectivity index (χ0n) is 12.2. The molecule has 2 N–H and O–H groups in total. The smallest absolute Gasteiger partial charge is 0.0406 e. The molecule has 0 saturated heterocycles. The minimum Gasteiger partial charge on any atom is -0.330 e. The fourth-order valence-corrected chi connectivity index (χ4v) is 2.36. The highest BCUT2D eigenvalue weighted by molar-refractivity contribution is 7.93. The average molecular weight is 314 g/mol. The van der Waals surface area contributed by atoms with E-state index in [2.05, 4.69) is 31.3 Å². The molecule has 0 aliphatic rings. The van der Waals surface area contributed by atoms with Crippen LogP contribution in [0.1, 0.15) is 32.3 Å². The van der Waals surface area contributed by atoms with Crippen molar-refractivity contribution in [3.05, 3.63) is 40.9 Å². The Hall–Kier alpha value is -0.480. The number of benzene rings is 1. The van der Waals surface area contributed by atoms with Gasteiger partial charge in [0.15, 0.2) is 0 Å². The van der Waals surface area contributed by atoms with Crippen LogP contribution in [0, 0.1) is 5.92 Å². The van der Waals surface area contributed by atoms with E-state index in [4.69, 9.17) is 16.2 Å². The summed E-state index contributed by atoms with van der Waals surface area (Å²) in [5.41, 5.74) is 1.16. The van der Waals surface area contributed by atoms with E-state index in [-0.39, 0.29) is 0 Å². The van der Waals surface area contributed by atoms with Gasteiger partial charge in [-0.25, -0.2) is 0 Å². The van der Waals surface area contributed by atoms with Crippen molar-refractivity contribution < 1.29 is 4.55 Å². The molecule has 1 rings (SSSR count). The Bertz CT molecular complexity index is 392. The van der Waals surface area contributed by atoms with E-state index in [1.165, 1.54) is 0 Å². The van der Waals surface area contributed by atoms with E-state index in [1.807, 2.05) is 24.3 Å². The number of hydrogen-bond donors (Lipinski definition) is 2. The molecule has 20 heavy (non-hydrogen) atoms. The Morgan fingerprint density at radius 2 is 2.00 bits per heavy atom. The van der Waals surface area contributed by atoms with Crippen molar-refractivity contribution in [1.29, 1.82) is 0 Å². The molecule has 1 aromatic rings. The van der Waals surface area contributed by atoms with Gasteiger partial charge in [-0.15, -0.1) is 0 Å². The highest BCUT2D eigenvalue weighted by Crippen LogP contribution is 2.12. The van der Waals surface area contributed by atoms with Gasteiger partial charge in [-0.05, 0) is 55.0 Å². The number of hydrogen-bond acceptors (Lipinski definition) is 3. The summed E-state index contributed by atoms with van der Waals surface area (Å²) in [5, 5.41) is 4.29. The Kier molecular flexibility index (Phi) is 9.03. The van der Waals surface area contributed by atoms with Crippen molar-refractivity contribution in [3.8, 4) is 0 Å². The Balaban J connectivity index is 2.51. The van der Waals surface area contributed by atoms with Crippen molar-refractivity contribution in [2.75, 3.05) is 12.3 Å². The second kappa shape index (κ2) is 10.3. The first-order chi connectivity index (χ1) is 9.61. The summed E-state index contributed by atoms with van der Waals surface area (Å²) < 4.78 is 8.72. The lowest BCUT2D eigenvalue weighted by Crippen LogP contribution is -2.29. The van der Waals surface area contributed by atoms with Gasteiger partial charge < -0.3 is 9.87 Å². The number of halogens is 1. The maximum absolute atomic E-state index is 8.72. The first-order valence-corrected chi connectivity index (χ1v) is 8.37. The molecular weight excluding hydrogens is 290 g/mol. The van der Waals surface area contributed by atoms with Crippen LogP contribution < -0.4 is 5.32 Å². The summed E-state index contributed by atoms with van der Waals surface area (Å²) in [5.74, 6) is 1.43. The molecule has 0 heterocycles. The molecule has 4 heteroatoms. The van der Waals surface area contributed by atoms with E-state index in [0.717, 1.165) is 47.8 Å². The molecule has 0 radical (unpaired) electrons. The maximum atomic E-state index is 8.72. The zero-order chi connectivity index (χ0) is 14.8. The third-order valence-electron chi connectivity index (χ3n) is 2.94. The molecule has 0 aliphatic heterocycles. The van der Waals surface area contributed by atoms with Gasteiger partial charge in [0, 0.05) is 16.8 Å². The van der Waals surface area contributed by atoms with Crippen LogP contribution in [0.5, 0.6) is 0 Å². The minimum absolute atomic E-state index is 0.370. The lowest BCUT2D eigenvalue weighted by Gasteiger charge is -2.17. The van der Waals surface area contributed by atoms with Crippen LogP contribution in [0.2, 0.25) is 5.02 Å². The zero-order valence-corrected chi connectivity index (χ0v) is 13.8. The summed E-state index contributed by atoms with van der Waals surface area (Å²) in [7, 11) is 0. The quantitative estimate of drug-likeness (QED) is 0.499. The minimum atomic E-state index is 0.370. The lowest BCUT2D eigenvalue weighted by molar-refractivity contribution is 0.473. The normalized spacial score (nSPS) is 13.2. The molecule has 1 atom stereocenters. The summed E-state index contributed by atoms with van der Waals surface area (Å²) in [6.07, 6.45) is 6.44. The van der Waals surface area contributed by atoms with Crippen molar-refractivity contribution in [2.24, 2.45) is 5.92 Å². The van der Waals surface area contributed by atoms with Crippen molar-refractivity contribution in [3.63, 3.8) is 0 Å². The molecule has 0 aromatic heterocycles. The standard InChI is InChI=1S/C16H24ClNOS/c1-13(2)12-16(18-10-3-11-20-19)9-6-14-4-7-15(17)8-5-14/h4-9,13,16,18-19H,3,10-12H2,1-2H3/b9-6+. The third kappa shape index (κ3) is 7.95. The Labute approximate surface area is 131 Å². The summed E-state index contributed by atoms with van der Waals surface area (Å²) >= 11 is 6.79. The fourth-order valence-electron chi connectivity index (χ4n) is 1.96. The summed E-state index contributed by atoms with van der Waals surface area (Å²) in [6.45, 7) is 5.39. The van der Waals surface area contributed by atoms with Gasteiger partial charge in [0.2, 0.25) is 0 Å². The van der Waals surface area contributed by atoms with Gasteiger partial charge in [0.05, 0.1) is 0 Å². The van der Waals surface area contributed by atoms with Crippen LogP contribution in [-0.4, -0.2) is 22.9 Å². The van der Waals surface area contributed by atoms with Gasteiger partial charge in [-0.2, -0.15) is 0 Å². The predicted octanol–water partition coefficient (Wildman–Crippen LogP) is 4.95. The second-order valence-electron chi connectivity index (χ2n) is 5.29. The molecule has 1 unspecified atom stereocenters. The predicted molar refractivity (Wildman–Crippen MR) is 91.4 cm³/mol. The van der Waals surface area contributed by atoms with E-state index < -0.39 is 0 Å². The topological polar surface area (TPSA) is 32.3 Å². The van der Waals surface area contributed by atoms with Gasteiger partial charge in [0.1, 0.15) is 0 Å². The van der Waals surface area contributed by atoms with Crippen LogP contribution in [0.4, 0.5) is 0 Å². The Morgan fingerprint density at radius 3 is 2.60 bits per heavy atom. The number of rotatable bonds is 9. The summed E-state index contributed by atoms with van der Waals surface area (Å²) in [4.78, 5) is 0. The highest BCUT2D eigenvalue weighted by Gasteiger charge is 2.06. The largest absolute Gasteiger partial charge is 0.330 e.